The van der Waals surface area contributed by atoms with Crippen molar-refractivity contribution in [2.75, 3.05) is 12.4 Å². The number of rotatable bonds is 3. The van der Waals surface area contributed by atoms with E-state index in [4.69, 9.17) is 0 Å². The zero-order valence-electron chi connectivity index (χ0n) is 14.3. The van der Waals surface area contributed by atoms with E-state index in [9.17, 15) is 4.79 Å². The molecule has 0 saturated carbocycles. The fourth-order valence-corrected chi connectivity index (χ4v) is 4.71. The van der Waals surface area contributed by atoms with Gasteiger partial charge in [0.15, 0.2) is 0 Å². The van der Waals surface area contributed by atoms with Crippen molar-refractivity contribution in [1.82, 2.24) is 15.3 Å². The Balaban J connectivity index is 1.69. The van der Waals surface area contributed by atoms with Gasteiger partial charge in [0.05, 0.1) is 5.39 Å². The first kappa shape index (κ1) is 16.0. The lowest BCUT2D eigenvalue weighted by atomic mass is 9.89. The molecule has 0 bridgehead atoms. The summed E-state index contributed by atoms with van der Waals surface area (Å²) in [6.45, 7) is 2.31. The molecule has 128 valence electrons. The number of carbonyl (C=O) groups excluding carboxylic acids is 1. The van der Waals surface area contributed by atoms with Gasteiger partial charge in [-0.1, -0.05) is 6.92 Å². The van der Waals surface area contributed by atoms with Gasteiger partial charge in [0.1, 0.15) is 17.0 Å². The predicted molar refractivity (Wildman–Crippen MR) is 102 cm³/mol. The summed E-state index contributed by atoms with van der Waals surface area (Å²) in [4.78, 5) is 23.1. The van der Waals surface area contributed by atoms with Gasteiger partial charge in [-0.15, -0.1) is 11.3 Å². The number of carbonyl (C=O) groups is 1. The van der Waals surface area contributed by atoms with Gasteiger partial charge >= 0.3 is 0 Å². The molecule has 2 aromatic heterocycles. The van der Waals surface area contributed by atoms with Crippen molar-refractivity contribution in [2.45, 2.75) is 26.2 Å². The fourth-order valence-electron chi connectivity index (χ4n) is 3.36. The lowest BCUT2D eigenvalue weighted by Crippen LogP contribution is -2.17. The number of amides is 1. The summed E-state index contributed by atoms with van der Waals surface area (Å²) >= 11 is 1.79. The number of aromatic nitrogens is 2. The number of anilines is 2. The third-order valence-corrected chi connectivity index (χ3v) is 5.89. The average molecular weight is 352 g/mol. The SMILES string of the molecule is CNC(=O)c1ccc(Nc2ncnc3sc4c(c23)CC[C@H](C)C4)cc1. The quantitative estimate of drug-likeness (QED) is 0.750. The van der Waals surface area contributed by atoms with E-state index in [0.717, 1.165) is 40.5 Å². The topological polar surface area (TPSA) is 66.9 Å². The largest absolute Gasteiger partial charge is 0.355 e. The summed E-state index contributed by atoms with van der Waals surface area (Å²) in [5, 5.41) is 7.19. The molecule has 0 unspecified atom stereocenters. The van der Waals surface area contributed by atoms with E-state index in [1.54, 1.807) is 24.7 Å². The van der Waals surface area contributed by atoms with E-state index in [1.165, 1.54) is 16.9 Å². The Kier molecular flexibility index (Phi) is 4.13. The minimum Gasteiger partial charge on any atom is -0.355 e. The molecule has 5 nitrogen and oxygen atoms in total. The van der Waals surface area contributed by atoms with Crippen LogP contribution in [0.2, 0.25) is 0 Å². The van der Waals surface area contributed by atoms with Crippen molar-refractivity contribution in [3.63, 3.8) is 0 Å². The van der Waals surface area contributed by atoms with Crippen LogP contribution in [0.5, 0.6) is 0 Å². The van der Waals surface area contributed by atoms with Gasteiger partial charge in [-0.25, -0.2) is 9.97 Å². The summed E-state index contributed by atoms with van der Waals surface area (Å²) in [6.07, 6.45) is 5.06. The highest BCUT2D eigenvalue weighted by Gasteiger charge is 2.23. The molecule has 1 aromatic carbocycles. The Hall–Kier alpha value is -2.47. The second-order valence-electron chi connectivity index (χ2n) is 6.54. The summed E-state index contributed by atoms with van der Waals surface area (Å²) in [6, 6.07) is 7.42. The molecule has 1 aliphatic rings. The van der Waals surface area contributed by atoms with Crippen LogP contribution in [0.25, 0.3) is 10.2 Å². The third-order valence-electron chi connectivity index (χ3n) is 4.73. The maximum atomic E-state index is 11.7. The minimum atomic E-state index is -0.0861. The van der Waals surface area contributed by atoms with Crippen LogP contribution >= 0.6 is 11.3 Å². The highest BCUT2D eigenvalue weighted by atomic mass is 32.1. The molecule has 0 saturated heterocycles. The highest BCUT2D eigenvalue weighted by Crippen LogP contribution is 2.40. The number of thiophene rings is 1. The van der Waals surface area contributed by atoms with Gasteiger partial charge in [-0.2, -0.15) is 0 Å². The molecular weight excluding hydrogens is 332 g/mol. The number of benzene rings is 1. The average Bonchev–Trinajstić information content (AvgIpc) is 3.00. The van der Waals surface area contributed by atoms with Crippen molar-refractivity contribution in [1.29, 1.82) is 0 Å². The monoisotopic (exact) mass is 352 g/mol. The third kappa shape index (κ3) is 2.98. The minimum absolute atomic E-state index is 0.0861. The van der Waals surface area contributed by atoms with Gasteiger partial charge in [0.25, 0.3) is 5.91 Å². The Morgan fingerprint density at radius 3 is 2.80 bits per heavy atom. The molecule has 25 heavy (non-hydrogen) atoms. The molecule has 0 spiro atoms. The molecule has 4 rings (SSSR count). The normalized spacial score (nSPS) is 16.5. The Labute approximate surface area is 150 Å². The van der Waals surface area contributed by atoms with E-state index < -0.39 is 0 Å². The standard InChI is InChI=1S/C19H20N4OS/c1-11-3-8-14-15(9-11)25-19-16(14)17(21-10-22-19)23-13-6-4-12(5-7-13)18(24)20-2/h4-7,10-11H,3,8-9H2,1-2H3,(H,20,24)(H,21,22,23)/t11-/m0/s1. The van der Waals surface area contributed by atoms with Gasteiger partial charge in [0, 0.05) is 23.2 Å². The second kappa shape index (κ2) is 6.44. The second-order valence-corrected chi connectivity index (χ2v) is 7.62. The number of nitrogens with zero attached hydrogens (tertiary/aromatic N) is 2. The number of fused-ring (bicyclic) bond motifs is 3. The van der Waals surface area contributed by atoms with Crippen LogP contribution in [0.15, 0.2) is 30.6 Å². The molecule has 0 aliphatic heterocycles. The van der Waals surface area contributed by atoms with Crippen LogP contribution in [0.4, 0.5) is 11.5 Å². The molecule has 2 N–H and O–H groups in total. The Morgan fingerprint density at radius 2 is 2.04 bits per heavy atom. The zero-order chi connectivity index (χ0) is 17.4. The van der Waals surface area contributed by atoms with Crippen LogP contribution in [0, 0.1) is 5.92 Å². The van der Waals surface area contributed by atoms with Crippen LogP contribution < -0.4 is 10.6 Å². The Bertz CT molecular complexity index is 932. The molecule has 6 heteroatoms. The van der Waals surface area contributed by atoms with Gasteiger partial charge in [-0.05, 0) is 55.0 Å². The first-order valence-corrected chi connectivity index (χ1v) is 9.31. The molecular formula is C19H20N4OS. The molecule has 0 radical (unpaired) electrons. The summed E-state index contributed by atoms with van der Waals surface area (Å²) in [5.74, 6) is 1.50. The number of aryl methyl sites for hydroxylation is 1. The number of hydrogen-bond acceptors (Lipinski definition) is 5. The smallest absolute Gasteiger partial charge is 0.251 e. The zero-order valence-corrected chi connectivity index (χ0v) is 15.1. The van der Waals surface area contributed by atoms with Crippen LogP contribution in [0.1, 0.15) is 34.1 Å². The Morgan fingerprint density at radius 1 is 1.24 bits per heavy atom. The molecule has 1 atom stereocenters. The molecule has 1 aliphatic carbocycles. The molecule has 0 fully saturated rings. The van der Waals surface area contributed by atoms with Gasteiger partial charge < -0.3 is 10.6 Å². The van der Waals surface area contributed by atoms with Crippen LogP contribution in [-0.2, 0) is 12.8 Å². The lowest BCUT2D eigenvalue weighted by molar-refractivity contribution is 0.0963. The van der Waals surface area contributed by atoms with E-state index in [1.807, 2.05) is 24.3 Å². The number of nitrogens with one attached hydrogen (secondary N) is 2. The molecule has 2 heterocycles. The van der Waals surface area contributed by atoms with Gasteiger partial charge in [0.2, 0.25) is 0 Å². The van der Waals surface area contributed by atoms with Crippen molar-refractivity contribution < 1.29 is 4.79 Å². The summed E-state index contributed by atoms with van der Waals surface area (Å²) in [7, 11) is 1.63. The summed E-state index contributed by atoms with van der Waals surface area (Å²) in [5.41, 5.74) is 2.96. The fraction of sp³-hybridized carbons (Fsp3) is 0.316. The predicted octanol–water partition coefficient (Wildman–Crippen LogP) is 3.92. The van der Waals surface area contributed by atoms with Crippen molar-refractivity contribution in [3.8, 4) is 0 Å². The van der Waals surface area contributed by atoms with E-state index >= 15 is 0 Å². The first-order chi connectivity index (χ1) is 12.2. The van der Waals surface area contributed by atoms with Crippen LogP contribution in [0.3, 0.4) is 0 Å². The van der Waals surface area contributed by atoms with Crippen LogP contribution in [-0.4, -0.2) is 22.9 Å². The highest BCUT2D eigenvalue weighted by molar-refractivity contribution is 7.19. The van der Waals surface area contributed by atoms with E-state index in [2.05, 4.69) is 27.5 Å². The van der Waals surface area contributed by atoms with Crippen molar-refractivity contribution >= 4 is 39.0 Å². The first-order valence-electron chi connectivity index (χ1n) is 8.50. The maximum absolute atomic E-state index is 11.7. The maximum Gasteiger partial charge on any atom is 0.251 e. The lowest BCUT2D eigenvalue weighted by Gasteiger charge is -2.18. The number of hydrogen-bond donors (Lipinski definition) is 2. The summed E-state index contributed by atoms with van der Waals surface area (Å²) < 4.78 is 0. The van der Waals surface area contributed by atoms with E-state index in [-0.39, 0.29) is 5.91 Å². The van der Waals surface area contributed by atoms with E-state index in [0.29, 0.717) is 5.56 Å². The van der Waals surface area contributed by atoms with Gasteiger partial charge in [-0.3, -0.25) is 4.79 Å². The molecule has 3 aromatic rings. The van der Waals surface area contributed by atoms with Crippen molar-refractivity contribution in [2.24, 2.45) is 5.92 Å². The van der Waals surface area contributed by atoms with Crippen molar-refractivity contribution in [3.05, 3.63) is 46.6 Å². The molecule has 1 amide bonds.